The largest absolute Gasteiger partial charge is 0.389 e. The van der Waals surface area contributed by atoms with Crippen molar-refractivity contribution < 1.29 is 9.90 Å². The monoisotopic (exact) mass is 253 g/mol. The van der Waals surface area contributed by atoms with Crippen molar-refractivity contribution in [2.24, 2.45) is 5.41 Å². The molecule has 3 nitrogen and oxygen atoms in total. The van der Waals surface area contributed by atoms with Crippen molar-refractivity contribution in [3.05, 3.63) is 0 Å². The highest BCUT2D eigenvalue weighted by atomic mass is 16.3. The summed E-state index contributed by atoms with van der Waals surface area (Å²) in [5, 5.41) is 13.4. The summed E-state index contributed by atoms with van der Waals surface area (Å²) in [6.45, 7) is 4.47. The fraction of sp³-hybridized carbons (Fsp3) is 0.933. The Balaban J connectivity index is 1.86. The number of carbonyl (C=O) groups is 1. The summed E-state index contributed by atoms with van der Waals surface area (Å²) in [5.74, 6) is 0.0411. The summed E-state index contributed by atoms with van der Waals surface area (Å²) in [5.41, 5.74) is -0.519. The first kappa shape index (κ1) is 13.9. The van der Waals surface area contributed by atoms with Crippen LogP contribution in [0.2, 0.25) is 0 Å². The first-order valence-electron chi connectivity index (χ1n) is 7.43. The molecule has 0 aromatic heterocycles. The molecule has 0 aromatic carbocycles. The van der Waals surface area contributed by atoms with Crippen LogP contribution < -0.4 is 5.32 Å². The van der Waals surface area contributed by atoms with Gasteiger partial charge in [0.2, 0.25) is 5.91 Å². The summed E-state index contributed by atoms with van der Waals surface area (Å²) in [7, 11) is 0. The van der Waals surface area contributed by atoms with Crippen molar-refractivity contribution in [3.8, 4) is 0 Å². The van der Waals surface area contributed by atoms with E-state index in [1.807, 2.05) is 0 Å². The first-order chi connectivity index (χ1) is 8.41. The van der Waals surface area contributed by atoms with Crippen LogP contribution in [0.25, 0.3) is 0 Å². The van der Waals surface area contributed by atoms with Gasteiger partial charge in [0, 0.05) is 6.04 Å². The molecule has 2 saturated carbocycles. The highest BCUT2D eigenvalue weighted by molar-refractivity contribution is 5.77. The van der Waals surface area contributed by atoms with Gasteiger partial charge in [-0.3, -0.25) is 4.79 Å². The lowest BCUT2D eigenvalue weighted by Crippen LogP contribution is -2.48. The van der Waals surface area contributed by atoms with Gasteiger partial charge in [0.15, 0.2) is 0 Å². The Morgan fingerprint density at radius 2 is 1.78 bits per heavy atom. The third-order valence-electron chi connectivity index (χ3n) is 4.87. The van der Waals surface area contributed by atoms with E-state index in [-0.39, 0.29) is 17.4 Å². The molecular formula is C15H27NO2. The number of nitrogens with one attached hydrogen (secondary N) is 1. The summed E-state index contributed by atoms with van der Waals surface area (Å²) in [4.78, 5) is 12.1. The zero-order valence-electron chi connectivity index (χ0n) is 11.8. The molecule has 0 aromatic rings. The van der Waals surface area contributed by atoms with Gasteiger partial charge in [-0.15, -0.1) is 0 Å². The minimum Gasteiger partial charge on any atom is -0.389 e. The molecule has 0 saturated heterocycles. The SMILES string of the molecule is CC1(C)CCCCC1NC(=O)CC1(O)CCCC1. The molecule has 1 unspecified atom stereocenters. The number of amides is 1. The molecule has 0 heterocycles. The minimum absolute atomic E-state index is 0.0411. The predicted molar refractivity (Wildman–Crippen MR) is 72.2 cm³/mol. The molecule has 0 bridgehead atoms. The molecule has 2 fully saturated rings. The lowest BCUT2D eigenvalue weighted by atomic mass is 9.73. The van der Waals surface area contributed by atoms with E-state index in [0.717, 1.165) is 32.1 Å². The van der Waals surface area contributed by atoms with Crippen LogP contribution in [0.3, 0.4) is 0 Å². The van der Waals surface area contributed by atoms with Crippen molar-refractivity contribution in [1.29, 1.82) is 0 Å². The van der Waals surface area contributed by atoms with E-state index in [2.05, 4.69) is 19.2 Å². The normalized spacial score (nSPS) is 30.1. The molecular weight excluding hydrogens is 226 g/mol. The second-order valence-corrected chi connectivity index (χ2v) is 6.96. The zero-order valence-corrected chi connectivity index (χ0v) is 11.8. The Bertz CT molecular complexity index is 306. The molecule has 0 aliphatic heterocycles. The fourth-order valence-corrected chi connectivity index (χ4v) is 3.52. The molecule has 104 valence electrons. The number of hydrogen-bond acceptors (Lipinski definition) is 2. The van der Waals surface area contributed by atoms with Crippen LogP contribution in [0, 0.1) is 5.41 Å². The predicted octanol–water partition coefficient (Wildman–Crippen LogP) is 2.77. The van der Waals surface area contributed by atoms with Crippen LogP contribution in [0.5, 0.6) is 0 Å². The molecule has 2 aliphatic carbocycles. The molecule has 3 heteroatoms. The average molecular weight is 253 g/mol. The maximum absolute atomic E-state index is 12.1. The third-order valence-corrected chi connectivity index (χ3v) is 4.87. The van der Waals surface area contributed by atoms with Crippen LogP contribution in [0.4, 0.5) is 0 Å². The number of rotatable bonds is 3. The fourth-order valence-electron chi connectivity index (χ4n) is 3.52. The summed E-state index contributed by atoms with van der Waals surface area (Å²) >= 11 is 0. The van der Waals surface area contributed by atoms with Crippen LogP contribution in [0.1, 0.15) is 71.6 Å². The van der Waals surface area contributed by atoms with Gasteiger partial charge in [-0.25, -0.2) is 0 Å². The van der Waals surface area contributed by atoms with Gasteiger partial charge in [-0.2, -0.15) is 0 Å². The minimum atomic E-state index is -0.719. The summed E-state index contributed by atoms with van der Waals surface area (Å²) in [6, 6.07) is 0.281. The second kappa shape index (κ2) is 5.20. The van der Waals surface area contributed by atoms with E-state index in [0.29, 0.717) is 6.42 Å². The van der Waals surface area contributed by atoms with E-state index < -0.39 is 5.60 Å². The van der Waals surface area contributed by atoms with Gasteiger partial charge < -0.3 is 10.4 Å². The molecule has 0 radical (unpaired) electrons. The van der Waals surface area contributed by atoms with Crippen LogP contribution in [-0.2, 0) is 4.79 Å². The quantitative estimate of drug-likeness (QED) is 0.812. The van der Waals surface area contributed by atoms with Gasteiger partial charge in [-0.05, 0) is 31.1 Å². The van der Waals surface area contributed by atoms with Crippen molar-refractivity contribution in [3.63, 3.8) is 0 Å². The Morgan fingerprint density at radius 3 is 2.39 bits per heavy atom. The lowest BCUT2D eigenvalue weighted by molar-refractivity contribution is -0.127. The second-order valence-electron chi connectivity index (χ2n) is 6.96. The zero-order chi connectivity index (χ0) is 13.2. The van der Waals surface area contributed by atoms with E-state index in [4.69, 9.17) is 0 Å². The lowest BCUT2D eigenvalue weighted by Gasteiger charge is -2.39. The maximum atomic E-state index is 12.1. The highest BCUT2D eigenvalue weighted by Crippen LogP contribution is 2.36. The van der Waals surface area contributed by atoms with Crippen molar-refractivity contribution in [2.75, 3.05) is 0 Å². The van der Waals surface area contributed by atoms with Gasteiger partial charge in [0.25, 0.3) is 0 Å². The van der Waals surface area contributed by atoms with E-state index in [9.17, 15) is 9.90 Å². The number of hydrogen-bond donors (Lipinski definition) is 2. The standard InChI is InChI=1S/C15H27NO2/c1-14(2)8-4-3-7-12(14)16-13(17)11-15(18)9-5-6-10-15/h12,18H,3-11H2,1-2H3,(H,16,17). The highest BCUT2D eigenvalue weighted by Gasteiger charge is 2.37. The molecule has 18 heavy (non-hydrogen) atoms. The van der Waals surface area contributed by atoms with Gasteiger partial charge in [0.05, 0.1) is 12.0 Å². The number of aliphatic hydroxyl groups is 1. The summed E-state index contributed by atoms with van der Waals surface area (Å²) in [6.07, 6.45) is 8.71. The van der Waals surface area contributed by atoms with Crippen LogP contribution in [0.15, 0.2) is 0 Å². The summed E-state index contributed by atoms with van der Waals surface area (Å²) < 4.78 is 0. The van der Waals surface area contributed by atoms with E-state index in [1.54, 1.807) is 0 Å². The van der Waals surface area contributed by atoms with Crippen LogP contribution >= 0.6 is 0 Å². The molecule has 1 amide bonds. The van der Waals surface area contributed by atoms with Gasteiger partial charge >= 0.3 is 0 Å². The van der Waals surface area contributed by atoms with Gasteiger partial charge in [0.1, 0.15) is 0 Å². The Morgan fingerprint density at radius 1 is 1.17 bits per heavy atom. The molecule has 2 rings (SSSR count). The van der Waals surface area contributed by atoms with E-state index in [1.165, 1.54) is 19.3 Å². The molecule has 1 atom stereocenters. The Labute approximate surface area is 110 Å². The topological polar surface area (TPSA) is 49.3 Å². The maximum Gasteiger partial charge on any atom is 0.223 e. The van der Waals surface area contributed by atoms with Crippen molar-refractivity contribution in [1.82, 2.24) is 5.32 Å². The Kier molecular flexibility index (Phi) is 4.00. The van der Waals surface area contributed by atoms with Crippen LogP contribution in [-0.4, -0.2) is 22.7 Å². The molecule has 2 aliphatic rings. The number of carbonyl (C=O) groups excluding carboxylic acids is 1. The Hall–Kier alpha value is -0.570. The third kappa shape index (κ3) is 3.25. The smallest absolute Gasteiger partial charge is 0.223 e. The molecule has 0 spiro atoms. The van der Waals surface area contributed by atoms with Crippen molar-refractivity contribution in [2.45, 2.75) is 83.3 Å². The molecule has 2 N–H and O–H groups in total. The average Bonchev–Trinajstić information content (AvgIpc) is 2.68. The first-order valence-corrected chi connectivity index (χ1v) is 7.43. The van der Waals surface area contributed by atoms with Gasteiger partial charge in [-0.1, -0.05) is 39.5 Å². The van der Waals surface area contributed by atoms with Crippen molar-refractivity contribution >= 4 is 5.91 Å². The van der Waals surface area contributed by atoms with E-state index >= 15 is 0 Å².